The van der Waals surface area contributed by atoms with E-state index in [2.05, 4.69) is 21.3 Å². The first kappa shape index (κ1) is 24.0. The van der Waals surface area contributed by atoms with Crippen LogP contribution in [0.5, 0.6) is 0 Å². The SMILES string of the molecule is C/C(Br)=C\C1Cc2nc(cs2)CCCCCOOC(C)C/C(C)=C/C=C\C(=O)O1. The van der Waals surface area contributed by atoms with Crippen molar-refractivity contribution in [2.75, 3.05) is 6.61 Å². The summed E-state index contributed by atoms with van der Waals surface area (Å²) >= 11 is 5.05. The normalized spacial score (nSPS) is 26.8. The molecule has 1 aliphatic heterocycles. The quantitative estimate of drug-likeness (QED) is 0.370. The van der Waals surface area contributed by atoms with Crippen LogP contribution in [0.25, 0.3) is 0 Å². The Morgan fingerprint density at radius 2 is 2.14 bits per heavy atom. The van der Waals surface area contributed by atoms with Gasteiger partial charge in [-0.3, -0.25) is 0 Å². The molecule has 0 saturated heterocycles. The first-order valence-electron chi connectivity index (χ1n) is 10.0. The predicted octanol–water partition coefficient (Wildman–Crippen LogP) is 5.85. The van der Waals surface area contributed by atoms with Crippen LogP contribution >= 0.6 is 27.3 Å². The van der Waals surface area contributed by atoms with Crippen molar-refractivity contribution >= 4 is 33.2 Å². The van der Waals surface area contributed by atoms with E-state index < -0.39 is 0 Å². The molecule has 2 rings (SSSR count). The molecule has 0 N–H and O–H groups in total. The van der Waals surface area contributed by atoms with Gasteiger partial charge in [0, 0.05) is 17.9 Å². The molecule has 0 aromatic carbocycles. The Balaban J connectivity index is 2.10. The molecule has 0 saturated carbocycles. The molecule has 0 spiro atoms. The maximum Gasteiger partial charge on any atom is 0.331 e. The largest absolute Gasteiger partial charge is 0.454 e. The maximum absolute atomic E-state index is 12.2. The van der Waals surface area contributed by atoms with Gasteiger partial charge in [-0.25, -0.2) is 19.6 Å². The van der Waals surface area contributed by atoms with Gasteiger partial charge in [-0.1, -0.05) is 40.1 Å². The molecule has 1 aromatic heterocycles. The Kier molecular flexibility index (Phi) is 10.8. The van der Waals surface area contributed by atoms with Crippen molar-refractivity contribution in [3.8, 4) is 0 Å². The smallest absolute Gasteiger partial charge is 0.331 e. The van der Waals surface area contributed by atoms with Crippen molar-refractivity contribution in [3.63, 3.8) is 0 Å². The molecular formula is C22H30BrNO4S. The summed E-state index contributed by atoms with van der Waals surface area (Å²) in [6.45, 7) is 6.50. The second kappa shape index (κ2) is 13.1. The second-order valence-corrected chi connectivity index (χ2v) is 9.47. The van der Waals surface area contributed by atoms with Crippen molar-refractivity contribution in [2.24, 2.45) is 0 Å². The van der Waals surface area contributed by atoms with Crippen molar-refractivity contribution in [3.05, 3.63) is 50.4 Å². The van der Waals surface area contributed by atoms with Crippen molar-refractivity contribution in [2.45, 2.75) is 71.5 Å². The number of thiazole rings is 1. The molecular weight excluding hydrogens is 454 g/mol. The van der Waals surface area contributed by atoms with Crippen LogP contribution in [0.4, 0.5) is 0 Å². The summed E-state index contributed by atoms with van der Waals surface area (Å²) in [6, 6.07) is 0. The number of esters is 1. The van der Waals surface area contributed by atoms with E-state index in [-0.39, 0.29) is 18.2 Å². The van der Waals surface area contributed by atoms with Crippen LogP contribution in [0.2, 0.25) is 0 Å². The topological polar surface area (TPSA) is 57.7 Å². The summed E-state index contributed by atoms with van der Waals surface area (Å²) in [6.07, 6.45) is 11.9. The highest BCUT2D eigenvalue weighted by molar-refractivity contribution is 9.11. The summed E-state index contributed by atoms with van der Waals surface area (Å²) in [5.74, 6) is -0.372. The molecule has 0 aliphatic carbocycles. The number of hydrogen-bond donors (Lipinski definition) is 0. The summed E-state index contributed by atoms with van der Waals surface area (Å²) in [5, 5.41) is 3.07. The van der Waals surface area contributed by atoms with E-state index in [0.29, 0.717) is 13.0 Å². The van der Waals surface area contributed by atoms with Crippen molar-refractivity contribution in [1.82, 2.24) is 4.98 Å². The highest BCUT2D eigenvalue weighted by Crippen LogP contribution is 2.18. The van der Waals surface area contributed by atoms with Gasteiger partial charge in [-0.05, 0) is 57.0 Å². The molecule has 2 heterocycles. The number of carbonyl (C=O) groups excluding carboxylic acids is 1. The first-order chi connectivity index (χ1) is 13.9. The molecule has 2 unspecified atom stereocenters. The minimum atomic E-state index is -0.372. The van der Waals surface area contributed by atoms with Gasteiger partial charge in [-0.2, -0.15) is 0 Å². The van der Waals surface area contributed by atoms with E-state index in [0.717, 1.165) is 52.9 Å². The molecule has 2 atom stereocenters. The van der Waals surface area contributed by atoms with Gasteiger partial charge in [0.2, 0.25) is 0 Å². The van der Waals surface area contributed by atoms with Crippen LogP contribution < -0.4 is 0 Å². The average Bonchev–Trinajstić information content (AvgIpc) is 3.06. The summed E-state index contributed by atoms with van der Waals surface area (Å²) < 4.78 is 6.56. The van der Waals surface area contributed by atoms with Gasteiger partial charge >= 0.3 is 5.97 Å². The van der Waals surface area contributed by atoms with Gasteiger partial charge in [0.1, 0.15) is 6.10 Å². The fraction of sp³-hybridized carbons (Fsp3) is 0.545. The molecule has 1 aliphatic rings. The zero-order valence-electron chi connectivity index (χ0n) is 17.4. The van der Waals surface area contributed by atoms with Crippen molar-refractivity contribution < 1.29 is 19.3 Å². The fourth-order valence-corrected chi connectivity index (χ4v) is 4.13. The molecule has 0 radical (unpaired) electrons. The van der Waals surface area contributed by atoms with E-state index in [1.54, 1.807) is 17.4 Å². The molecule has 29 heavy (non-hydrogen) atoms. The number of allylic oxidation sites excluding steroid dienone is 3. The molecule has 7 heteroatoms. The van der Waals surface area contributed by atoms with Gasteiger partial charge in [-0.15, -0.1) is 11.3 Å². The van der Waals surface area contributed by atoms with Crippen LogP contribution in [0.3, 0.4) is 0 Å². The lowest BCUT2D eigenvalue weighted by Gasteiger charge is -2.13. The number of carbonyl (C=O) groups is 1. The van der Waals surface area contributed by atoms with Crippen LogP contribution in [0.1, 0.15) is 57.2 Å². The number of hydrogen-bond acceptors (Lipinski definition) is 6. The first-order valence-corrected chi connectivity index (χ1v) is 11.7. The van der Waals surface area contributed by atoms with Crippen molar-refractivity contribution in [1.29, 1.82) is 0 Å². The molecule has 160 valence electrons. The maximum atomic E-state index is 12.2. The number of rotatable bonds is 1. The standard InChI is InChI=1S/C22H30BrNO4S/c1-16-8-7-10-22(25)27-20(13-17(2)23)14-21-24-19(15-29-21)9-5-4-6-11-26-28-18(3)12-16/h7-8,10,13,15,18,20H,4-6,9,11-12,14H2,1-3H3/b10-7-,16-8+,17-13+. The van der Waals surface area contributed by atoms with Gasteiger partial charge in [0.05, 0.1) is 23.4 Å². The summed E-state index contributed by atoms with van der Waals surface area (Å²) in [4.78, 5) is 27.7. The minimum Gasteiger partial charge on any atom is -0.454 e. The van der Waals surface area contributed by atoms with Gasteiger partial charge in [0.15, 0.2) is 0 Å². The van der Waals surface area contributed by atoms with Crippen LogP contribution in [0.15, 0.2) is 39.7 Å². The summed E-state index contributed by atoms with van der Waals surface area (Å²) in [7, 11) is 0. The minimum absolute atomic E-state index is 0.0398. The Labute approximate surface area is 185 Å². The van der Waals surface area contributed by atoms with E-state index in [4.69, 9.17) is 19.5 Å². The summed E-state index contributed by atoms with van der Waals surface area (Å²) in [5.41, 5.74) is 2.19. The Morgan fingerprint density at radius 1 is 1.31 bits per heavy atom. The lowest BCUT2D eigenvalue weighted by Crippen LogP contribution is -2.17. The molecule has 2 bridgehead atoms. The average molecular weight is 484 g/mol. The third-order valence-corrected chi connectivity index (χ3v) is 5.46. The lowest BCUT2D eigenvalue weighted by molar-refractivity contribution is -0.320. The zero-order chi connectivity index (χ0) is 21.1. The number of cyclic esters (lactones) is 1. The lowest BCUT2D eigenvalue weighted by atomic mass is 10.1. The zero-order valence-corrected chi connectivity index (χ0v) is 19.8. The van der Waals surface area contributed by atoms with Gasteiger partial charge < -0.3 is 4.74 Å². The Hall–Kier alpha value is -1.28. The third-order valence-electron chi connectivity index (χ3n) is 4.27. The highest BCUT2D eigenvalue weighted by Gasteiger charge is 2.14. The predicted molar refractivity (Wildman–Crippen MR) is 120 cm³/mol. The number of halogens is 1. The molecule has 5 nitrogen and oxygen atoms in total. The Bertz CT molecular complexity index is 737. The van der Waals surface area contributed by atoms with Gasteiger partial charge in [0.25, 0.3) is 0 Å². The number of nitrogens with zero attached hydrogens (tertiary/aromatic N) is 1. The number of aromatic nitrogens is 1. The molecule has 0 amide bonds. The highest BCUT2D eigenvalue weighted by atomic mass is 79.9. The van der Waals surface area contributed by atoms with E-state index in [9.17, 15) is 4.79 Å². The second-order valence-electron chi connectivity index (χ2n) is 7.28. The van der Waals surface area contributed by atoms with E-state index in [1.807, 2.05) is 32.9 Å². The van der Waals surface area contributed by atoms with E-state index in [1.165, 1.54) is 6.08 Å². The van der Waals surface area contributed by atoms with E-state index >= 15 is 0 Å². The Morgan fingerprint density at radius 3 is 2.93 bits per heavy atom. The van der Waals surface area contributed by atoms with Crippen LogP contribution in [0, 0.1) is 0 Å². The van der Waals surface area contributed by atoms with Crippen LogP contribution in [-0.2, 0) is 32.1 Å². The van der Waals surface area contributed by atoms with Crippen LogP contribution in [-0.4, -0.2) is 29.8 Å². The number of aryl methyl sites for hydroxylation is 1. The number of fused-ring (bicyclic) bond motifs is 2. The number of ether oxygens (including phenoxy) is 1. The monoisotopic (exact) mass is 483 g/mol. The molecule has 1 aromatic rings. The fourth-order valence-electron chi connectivity index (χ4n) is 2.96. The third kappa shape index (κ3) is 10.3. The molecule has 0 fully saturated rings.